The molecule has 5 atom stereocenters. The highest BCUT2D eigenvalue weighted by Crippen LogP contribution is 2.29. The molecule has 0 unspecified atom stereocenters. The SMILES string of the molecule is C#CC[C@H](NC(=O)[C@H](C)CSC(C)(C)C)C(=O)N[C@@H](CC1CCCCC1)[C@@H](O)[C@@H](O)CC#C. The summed E-state index contributed by atoms with van der Waals surface area (Å²) in [5, 5.41) is 26.6. The number of carbonyl (C=O) groups excluding carboxylic acids is 2. The van der Waals surface area contributed by atoms with Crippen molar-refractivity contribution in [3.05, 3.63) is 0 Å². The van der Waals surface area contributed by atoms with Crippen LogP contribution in [0.4, 0.5) is 0 Å². The summed E-state index contributed by atoms with van der Waals surface area (Å²) in [6, 6.07) is -1.58. The van der Waals surface area contributed by atoms with Crippen molar-refractivity contribution in [2.45, 2.75) is 108 Å². The number of carbonyl (C=O) groups is 2. The van der Waals surface area contributed by atoms with Crippen LogP contribution < -0.4 is 10.6 Å². The molecule has 6 nitrogen and oxygen atoms in total. The molecule has 0 aliphatic heterocycles. The van der Waals surface area contributed by atoms with Crippen LogP contribution in [0.15, 0.2) is 0 Å². The topological polar surface area (TPSA) is 98.7 Å². The van der Waals surface area contributed by atoms with Crippen LogP contribution in [0.1, 0.15) is 79.1 Å². The lowest BCUT2D eigenvalue weighted by Gasteiger charge is -2.33. The molecule has 0 bridgehead atoms. The number of thioether (sulfide) groups is 1. The molecule has 0 aromatic rings. The van der Waals surface area contributed by atoms with E-state index < -0.39 is 30.2 Å². The van der Waals surface area contributed by atoms with Gasteiger partial charge in [0, 0.05) is 29.3 Å². The third-order valence-electron chi connectivity index (χ3n) is 5.94. The first-order valence-electron chi connectivity index (χ1n) is 12.0. The van der Waals surface area contributed by atoms with Gasteiger partial charge < -0.3 is 20.8 Å². The summed E-state index contributed by atoms with van der Waals surface area (Å²) >= 11 is 1.68. The van der Waals surface area contributed by atoms with Crippen molar-refractivity contribution in [1.82, 2.24) is 10.6 Å². The molecule has 33 heavy (non-hydrogen) atoms. The molecule has 1 rings (SSSR count). The number of amides is 2. The summed E-state index contributed by atoms with van der Waals surface area (Å²) in [6.07, 6.45) is 14.5. The molecule has 0 saturated heterocycles. The smallest absolute Gasteiger partial charge is 0.243 e. The molecule has 1 fully saturated rings. The summed E-state index contributed by atoms with van der Waals surface area (Å²) in [4.78, 5) is 25.8. The van der Waals surface area contributed by atoms with E-state index in [4.69, 9.17) is 12.8 Å². The van der Waals surface area contributed by atoms with Gasteiger partial charge in [0.05, 0.1) is 12.1 Å². The zero-order valence-electron chi connectivity index (χ0n) is 20.6. The van der Waals surface area contributed by atoms with Crippen molar-refractivity contribution in [2.24, 2.45) is 11.8 Å². The molecule has 1 aliphatic carbocycles. The van der Waals surface area contributed by atoms with Gasteiger partial charge in [-0.25, -0.2) is 0 Å². The Kier molecular flexibility index (Phi) is 13.0. The third kappa shape index (κ3) is 11.3. The van der Waals surface area contributed by atoms with E-state index in [0.717, 1.165) is 25.7 Å². The van der Waals surface area contributed by atoms with E-state index in [0.29, 0.717) is 18.1 Å². The highest BCUT2D eigenvalue weighted by Gasteiger charge is 2.33. The van der Waals surface area contributed by atoms with Crippen molar-refractivity contribution < 1.29 is 19.8 Å². The molecule has 4 N–H and O–H groups in total. The number of hydrogen-bond acceptors (Lipinski definition) is 5. The molecule has 1 saturated carbocycles. The van der Waals surface area contributed by atoms with E-state index in [1.807, 2.05) is 6.92 Å². The van der Waals surface area contributed by atoms with Gasteiger partial charge in [-0.05, 0) is 12.3 Å². The Balaban J connectivity index is 2.86. The summed E-state index contributed by atoms with van der Waals surface area (Å²) in [7, 11) is 0. The van der Waals surface area contributed by atoms with Crippen LogP contribution in [0.25, 0.3) is 0 Å². The fourth-order valence-electron chi connectivity index (χ4n) is 3.95. The minimum atomic E-state index is -1.20. The molecule has 7 heteroatoms. The standard InChI is InChI=1S/C26H42N2O4S/c1-7-12-20(27-24(31)18(3)17-33-26(4,5)6)25(32)28-21(23(30)22(29)13-8-2)16-19-14-10-9-11-15-19/h1-2,18-23,29-30H,9-17H2,3-6H3,(H,27,31)(H,28,32)/t18-,20+,21+,22+,23-/m1/s1. The fraction of sp³-hybridized carbons (Fsp3) is 0.769. The predicted molar refractivity (Wildman–Crippen MR) is 135 cm³/mol. The van der Waals surface area contributed by atoms with Gasteiger partial charge in [0.25, 0.3) is 0 Å². The van der Waals surface area contributed by atoms with Gasteiger partial charge in [0.1, 0.15) is 12.1 Å². The first-order chi connectivity index (χ1) is 15.5. The van der Waals surface area contributed by atoms with Gasteiger partial charge in [-0.15, -0.1) is 24.7 Å². The zero-order valence-corrected chi connectivity index (χ0v) is 21.4. The van der Waals surface area contributed by atoms with Gasteiger partial charge in [-0.2, -0.15) is 11.8 Å². The molecule has 0 heterocycles. The minimum absolute atomic E-state index is 0.00825. The number of terminal acetylenes is 2. The molecular weight excluding hydrogens is 436 g/mol. The van der Waals surface area contributed by atoms with Crippen molar-refractivity contribution >= 4 is 23.6 Å². The van der Waals surface area contributed by atoms with Crippen LogP contribution in [0, 0.1) is 36.5 Å². The van der Waals surface area contributed by atoms with Gasteiger partial charge in [0.15, 0.2) is 0 Å². The number of rotatable bonds is 12. The lowest BCUT2D eigenvalue weighted by atomic mass is 9.82. The van der Waals surface area contributed by atoms with Crippen molar-refractivity contribution in [2.75, 3.05) is 5.75 Å². The van der Waals surface area contributed by atoms with Crippen molar-refractivity contribution in [1.29, 1.82) is 0 Å². The van der Waals surface area contributed by atoms with E-state index in [-0.39, 0.29) is 29.4 Å². The molecule has 186 valence electrons. The van der Waals surface area contributed by atoms with Crippen molar-refractivity contribution in [3.8, 4) is 24.7 Å². The number of aliphatic hydroxyl groups is 2. The van der Waals surface area contributed by atoms with Crippen LogP contribution in [-0.4, -0.2) is 56.8 Å². The Morgan fingerprint density at radius 1 is 1.03 bits per heavy atom. The second kappa shape index (κ2) is 14.6. The Morgan fingerprint density at radius 3 is 2.18 bits per heavy atom. The Hall–Kier alpha value is -1.67. The first kappa shape index (κ1) is 29.4. The van der Waals surface area contributed by atoms with E-state index >= 15 is 0 Å². The molecule has 0 aromatic heterocycles. The quantitative estimate of drug-likeness (QED) is 0.323. The zero-order chi connectivity index (χ0) is 25.0. The van der Waals surface area contributed by atoms with Gasteiger partial charge in [-0.1, -0.05) is 59.8 Å². The van der Waals surface area contributed by atoms with E-state index in [1.54, 1.807) is 11.8 Å². The van der Waals surface area contributed by atoms with Crippen LogP contribution in [0.2, 0.25) is 0 Å². The molecule has 0 aromatic carbocycles. The minimum Gasteiger partial charge on any atom is -0.389 e. The van der Waals surface area contributed by atoms with Crippen molar-refractivity contribution in [3.63, 3.8) is 0 Å². The Bertz CT molecular complexity index is 701. The molecular formula is C26H42N2O4S. The second-order valence-electron chi connectivity index (χ2n) is 10.1. The number of aliphatic hydroxyl groups excluding tert-OH is 2. The lowest BCUT2D eigenvalue weighted by molar-refractivity contribution is -0.131. The van der Waals surface area contributed by atoms with E-state index in [9.17, 15) is 19.8 Å². The van der Waals surface area contributed by atoms with Gasteiger partial charge in [-0.3, -0.25) is 9.59 Å². The average molecular weight is 479 g/mol. The van der Waals surface area contributed by atoms with Crippen LogP contribution in [0.5, 0.6) is 0 Å². The fourth-order valence-corrected chi connectivity index (χ4v) is 4.85. The summed E-state index contributed by atoms with van der Waals surface area (Å²) in [5.41, 5.74) is 0. The summed E-state index contributed by atoms with van der Waals surface area (Å²) in [6.45, 7) is 8.08. The normalized spacial score (nSPS) is 19.3. The number of hydrogen-bond donors (Lipinski definition) is 4. The molecule has 0 spiro atoms. The van der Waals surface area contributed by atoms with E-state index in [1.165, 1.54) is 6.42 Å². The second-order valence-corrected chi connectivity index (χ2v) is 12.0. The van der Waals surface area contributed by atoms with Crippen LogP contribution in [-0.2, 0) is 9.59 Å². The maximum absolute atomic E-state index is 13.1. The third-order valence-corrected chi connectivity index (χ3v) is 7.47. The van der Waals surface area contributed by atoms with Gasteiger partial charge in [0.2, 0.25) is 11.8 Å². The van der Waals surface area contributed by atoms with Crippen LogP contribution in [0.3, 0.4) is 0 Å². The summed E-state index contributed by atoms with van der Waals surface area (Å²) in [5.74, 6) is 4.81. The molecule has 0 radical (unpaired) electrons. The largest absolute Gasteiger partial charge is 0.389 e. The van der Waals surface area contributed by atoms with E-state index in [2.05, 4.69) is 43.2 Å². The molecule has 1 aliphatic rings. The maximum atomic E-state index is 13.1. The average Bonchev–Trinajstić information content (AvgIpc) is 2.76. The monoisotopic (exact) mass is 478 g/mol. The first-order valence-corrected chi connectivity index (χ1v) is 12.9. The lowest BCUT2D eigenvalue weighted by Crippen LogP contribution is -2.55. The predicted octanol–water partition coefficient (Wildman–Crippen LogP) is 2.86. The highest BCUT2D eigenvalue weighted by molar-refractivity contribution is 8.00. The molecule has 2 amide bonds. The number of nitrogens with one attached hydrogen (secondary N) is 2. The van der Waals surface area contributed by atoms with Gasteiger partial charge >= 0.3 is 0 Å². The maximum Gasteiger partial charge on any atom is 0.243 e. The Morgan fingerprint density at radius 2 is 1.64 bits per heavy atom. The van der Waals surface area contributed by atoms with Crippen LogP contribution >= 0.6 is 11.8 Å². The Labute approximate surface area is 204 Å². The highest BCUT2D eigenvalue weighted by atomic mass is 32.2. The summed E-state index contributed by atoms with van der Waals surface area (Å²) < 4.78 is 0.0336.